The number of aromatic nitrogens is 4. The lowest BCUT2D eigenvalue weighted by Gasteiger charge is -2.31. The van der Waals surface area contributed by atoms with Crippen LogP contribution in [-0.2, 0) is 6.54 Å². The van der Waals surface area contributed by atoms with Crippen molar-refractivity contribution in [3.8, 4) is 0 Å². The molecule has 3 aromatic heterocycles. The lowest BCUT2D eigenvalue weighted by molar-refractivity contribution is 0.341. The Morgan fingerprint density at radius 1 is 1.29 bits per heavy atom. The number of halogens is 1. The van der Waals surface area contributed by atoms with E-state index in [1.165, 1.54) is 0 Å². The van der Waals surface area contributed by atoms with Gasteiger partial charge in [-0.25, -0.2) is 4.98 Å². The Kier molecular flexibility index (Phi) is 6.18. The molecule has 8 heteroatoms. The molecule has 0 aromatic carbocycles. The molecular formula is C20H25BrN6S. The molecule has 3 aromatic rings. The van der Waals surface area contributed by atoms with Gasteiger partial charge in [-0.2, -0.15) is 9.61 Å². The summed E-state index contributed by atoms with van der Waals surface area (Å²) < 4.78 is 5.29. The molecule has 0 atom stereocenters. The highest BCUT2D eigenvalue weighted by atomic mass is 79.9. The molecule has 28 heavy (non-hydrogen) atoms. The van der Waals surface area contributed by atoms with Gasteiger partial charge in [0.1, 0.15) is 5.82 Å². The molecule has 148 valence electrons. The van der Waals surface area contributed by atoms with Crippen molar-refractivity contribution in [1.29, 1.82) is 0 Å². The molecule has 0 spiro atoms. The van der Waals surface area contributed by atoms with Crippen molar-refractivity contribution in [1.82, 2.24) is 23.9 Å². The minimum atomic E-state index is 0.481. The molecule has 0 unspecified atom stereocenters. The Balaban J connectivity index is 1.55. The lowest BCUT2D eigenvalue weighted by Crippen LogP contribution is -2.29. The third-order valence-corrected chi connectivity index (χ3v) is 6.52. The molecule has 6 nitrogen and oxygen atoms in total. The van der Waals surface area contributed by atoms with Gasteiger partial charge in [-0.05, 0) is 40.4 Å². The topological polar surface area (TPSA) is 58.4 Å². The standard InChI is InChI=1S/C20H25BrN6S/c1-14(2)28-26-8-5-16(6-9-26)18-10-19(23-12-15-4-3-7-22-11-15)27-20(25-18)17(21)13-24-27/h3-4,7,10-11,13-14,16,23H,5-6,8-9,12H2,1-2H3. The largest absolute Gasteiger partial charge is 0.366 e. The van der Waals surface area contributed by atoms with Crippen molar-refractivity contribution in [2.75, 3.05) is 18.4 Å². The van der Waals surface area contributed by atoms with Gasteiger partial charge in [-0.3, -0.25) is 9.29 Å². The number of fused-ring (bicyclic) bond motifs is 1. The van der Waals surface area contributed by atoms with Crippen LogP contribution in [-0.4, -0.2) is 42.2 Å². The second kappa shape index (κ2) is 8.80. The SMILES string of the molecule is CC(C)SN1CCC(c2cc(NCc3cccnc3)n3ncc(Br)c3n2)CC1. The highest BCUT2D eigenvalue weighted by molar-refractivity contribution is 9.10. The quantitative estimate of drug-likeness (QED) is 0.536. The van der Waals surface area contributed by atoms with Gasteiger partial charge < -0.3 is 5.32 Å². The van der Waals surface area contributed by atoms with Crippen LogP contribution < -0.4 is 5.32 Å². The molecular weight excluding hydrogens is 436 g/mol. The molecule has 1 fully saturated rings. The number of piperidine rings is 1. The van der Waals surface area contributed by atoms with E-state index in [-0.39, 0.29) is 0 Å². The highest BCUT2D eigenvalue weighted by Crippen LogP contribution is 2.33. The molecule has 4 rings (SSSR count). The minimum absolute atomic E-state index is 0.481. The van der Waals surface area contributed by atoms with Crippen LogP contribution in [0, 0.1) is 0 Å². The van der Waals surface area contributed by atoms with Crippen LogP contribution in [0.4, 0.5) is 5.82 Å². The molecule has 0 amide bonds. The maximum atomic E-state index is 4.94. The number of hydrogen-bond acceptors (Lipinski definition) is 6. The number of nitrogens with zero attached hydrogens (tertiary/aromatic N) is 5. The average Bonchev–Trinajstić information content (AvgIpc) is 3.08. The maximum Gasteiger partial charge on any atom is 0.171 e. The first-order valence-corrected chi connectivity index (χ1v) is 11.3. The Morgan fingerprint density at radius 2 is 2.11 bits per heavy atom. The van der Waals surface area contributed by atoms with Gasteiger partial charge in [0.25, 0.3) is 0 Å². The number of nitrogens with one attached hydrogen (secondary N) is 1. The summed E-state index contributed by atoms with van der Waals surface area (Å²) in [5.41, 5.74) is 3.15. The fourth-order valence-electron chi connectivity index (χ4n) is 3.54. The van der Waals surface area contributed by atoms with Gasteiger partial charge in [0, 0.05) is 55.0 Å². The van der Waals surface area contributed by atoms with E-state index in [9.17, 15) is 0 Å². The average molecular weight is 461 g/mol. The van der Waals surface area contributed by atoms with Crippen molar-refractivity contribution in [3.05, 3.63) is 52.5 Å². The second-order valence-electron chi connectivity index (χ2n) is 7.37. The summed E-state index contributed by atoms with van der Waals surface area (Å²) in [4.78, 5) is 9.13. The van der Waals surface area contributed by atoms with Crippen molar-refractivity contribution in [3.63, 3.8) is 0 Å². The van der Waals surface area contributed by atoms with Crippen LogP contribution in [0.5, 0.6) is 0 Å². The summed E-state index contributed by atoms with van der Waals surface area (Å²) in [7, 11) is 0. The smallest absolute Gasteiger partial charge is 0.171 e. The van der Waals surface area contributed by atoms with Crippen LogP contribution in [0.15, 0.2) is 41.3 Å². The van der Waals surface area contributed by atoms with Gasteiger partial charge in [0.05, 0.1) is 10.7 Å². The molecule has 0 radical (unpaired) electrons. The van der Waals surface area contributed by atoms with Crippen LogP contribution in [0.3, 0.4) is 0 Å². The summed E-state index contributed by atoms with van der Waals surface area (Å²) in [6.07, 6.45) is 7.75. The summed E-state index contributed by atoms with van der Waals surface area (Å²) in [5, 5.41) is 8.63. The first-order valence-electron chi connectivity index (χ1n) is 9.69. The van der Waals surface area contributed by atoms with E-state index < -0.39 is 0 Å². The predicted octanol–water partition coefficient (Wildman–Crippen LogP) is 4.73. The predicted molar refractivity (Wildman–Crippen MR) is 119 cm³/mol. The first-order chi connectivity index (χ1) is 13.6. The minimum Gasteiger partial charge on any atom is -0.366 e. The Hall–Kier alpha value is -1.64. The van der Waals surface area contributed by atoms with Crippen LogP contribution in [0.25, 0.3) is 5.65 Å². The van der Waals surface area contributed by atoms with E-state index in [0.717, 1.165) is 53.1 Å². The maximum absolute atomic E-state index is 4.94. The van der Waals surface area contributed by atoms with E-state index in [1.807, 2.05) is 34.9 Å². The lowest BCUT2D eigenvalue weighted by atomic mass is 9.94. The molecule has 0 saturated carbocycles. The molecule has 1 aliphatic rings. The van der Waals surface area contributed by atoms with Gasteiger partial charge >= 0.3 is 0 Å². The van der Waals surface area contributed by atoms with Crippen molar-refractivity contribution < 1.29 is 0 Å². The normalized spacial score (nSPS) is 16.1. The van der Waals surface area contributed by atoms with Gasteiger partial charge in [0.2, 0.25) is 0 Å². The van der Waals surface area contributed by atoms with Crippen LogP contribution in [0.2, 0.25) is 0 Å². The fourth-order valence-corrected chi connectivity index (χ4v) is 4.91. The number of rotatable bonds is 6. The number of hydrogen-bond donors (Lipinski definition) is 1. The summed E-state index contributed by atoms with van der Waals surface area (Å²) >= 11 is 5.56. The van der Waals surface area contributed by atoms with Gasteiger partial charge in [-0.15, -0.1) is 0 Å². The van der Waals surface area contributed by atoms with Gasteiger partial charge in [-0.1, -0.05) is 31.9 Å². The Bertz CT molecular complexity index is 921. The summed E-state index contributed by atoms with van der Waals surface area (Å²) in [6.45, 7) is 7.43. The zero-order valence-corrected chi connectivity index (χ0v) is 18.6. The third kappa shape index (κ3) is 4.50. The second-order valence-corrected chi connectivity index (χ2v) is 9.89. The van der Waals surface area contributed by atoms with Crippen molar-refractivity contribution >= 4 is 39.3 Å². The highest BCUT2D eigenvalue weighted by Gasteiger charge is 2.24. The van der Waals surface area contributed by atoms with E-state index in [1.54, 1.807) is 6.20 Å². The number of pyridine rings is 1. The van der Waals surface area contributed by atoms with Crippen LogP contribution >= 0.6 is 27.9 Å². The molecule has 0 aliphatic carbocycles. The van der Waals surface area contributed by atoms with E-state index in [4.69, 9.17) is 4.98 Å². The first kappa shape index (κ1) is 19.7. The molecule has 1 aliphatic heterocycles. The molecule has 1 saturated heterocycles. The zero-order valence-electron chi connectivity index (χ0n) is 16.2. The Labute approximate surface area is 178 Å². The molecule has 1 N–H and O–H groups in total. The molecule has 4 heterocycles. The third-order valence-electron chi connectivity index (χ3n) is 4.88. The van der Waals surface area contributed by atoms with Crippen LogP contribution in [0.1, 0.15) is 43.9 Å². The summed E-state index contributed by atoms with van der Waals surface area (Å²) in [6, 6.07) is 6.19. The van der Waals surface area contributed by atoms with E-state index in [0.29, 0.717) is 17.7 Å². The Morgan fingerprint density at radius 3 is 2.82 bits per heavy atom. The van der Waals surface area contributed by atoms with Gasteiger partial charge in [0.15, 0.2) is 5.65 Å². The van der Waals surface area contributed by atoms with E-state index >= 15 is 0 Å². The van der Waals surface area contributed by atoms with Crippen molar-refractivity contribution in [2.45, 2.75) is 44.4 Å². The monoisotopic (exact) mass is 460 g/mol. The summed E-state index contributed by atoms with van der Waals surface area (Å²) in [5.74, 6) is 1.45. The number of anilines is 1. The molecule has 0 bridgehead atoms. The van der Waals surface area contributed by atoms with Crippen molar-refractivity contribution in [2.24, 2.45) is 0 Å². The fraction of sp³-hybridized carbons (Fsp3) is 0.450. The zero-order chi connectivity index (χ0) is 19.5. The van der Waals surface area contributed by atoms with E-state index in [2.05, 4.69) is 61.6 Å².